The van der Waals surface area contributed by atoms with Crippen LogP contribution in [0.5, 0.6) is 0 Å². The lowest BCUT2D eigenvalue weighted by molar-refractivity contribution is 0.0757. The second-order valence-electron chi connectivity index (χ2n) is 7.11. The van der Waals surface area contributed by atoms with Gasteiger partial charge in [-0.1, -0.05) is 0 Å². The summed E-state index contributed by atoms with van der Waals surface area (Å²) in [7, 11) is 0. The van der Waals surface area contributed by atoms with E-state index >= 15 is 0 Å². The number of carbonyl (C=O) groups excluding carboxylic acids is 1. The van der Waals surface area contributed by atoms with Crippen LogP contribution in [0.25, 0.3) is 33.9 Å². The Labute approximate surface area is 174 Å². The molecular formula is C23H23N3O4. The third-order valence-electron chi connectivity index (χ3n) is 4.49. The molecule has 0 radical (unpaired) electrons. The molecule has 0 bridgehead atoms. The molecule has 0 saturated heterocycles. The van der Waals surface area contributed by atoms with Gasteiger partial charge in [0.15, 0.2) is 11.5 Å². The van der Waals surface area contributed by atoms with Crippen molar-refractivity contribution in [2.24, 2.45) is 0 Å². The summed E-state index contributed by atoms with van der Waals surface area (Å²) < 4.78 is 16.6. The Morgan fingerprint density at radius 3 is 2.27 bits per heavy atom. The number of rotatable bonds is 8. The predicted octanol–water partition coefficient (Wildman–Crippen LogP) is 4.69. The standard InChI is InChI=1S/C23H23N3O4/c1-15(2)28-13-5-10-24-23(27)16-8-9-17-18(14-16)26-22(20-7-4-12-30-20)21(25-17)19-6-3-11-29-19/h3-4,6-9,11-12,14-15H,5,10,13H2,1-2H3,(H,24,27). The molecule has 0 atom stereocenters. The average molecular weight is 405 g/mol. The molecule has 30 heavy (non-hydrogen) atoms. The van der Waals surface area contributed by atoms with E-state index in [-0.39, 0.29) is 12.0 Å². The Bertz CT molecular complexity index is 1120. The molecule has 1 amide bonds. The summed E-state index contributed by atoms with van der Waals surface area (Å²) in [6.07, 6.45) is 4.12. The molecule has 3 heterocycles. The van der Waals surface area contributed by atoms with Gasteiger partial charge in [-0.25, -0.2) is 9.97 Å². The number of nitrogens with zero attached hydrogens (tertiary/aromatic N) is 2. The lowest BCUT2D eigenvalue weighted by atomic mass is 10.1. The monoisotopic (exact) mass is 405 g/mol. The second-order valence-corrected chi connectivity index (χ2v) is 7.11. The largest absolute Gasteiger partial charge is 0.463 e. The van der Waals surface area contributed by atoms with Crippen molar-refractivity contribution in [2.75, 3.05) is 13.2 Å². The minimum Gasteiger partial charge on any atom is -0.463 e. The van der Waals surface area contributed by atoms with Crippen LogP contribution in [0.1, 0.15) is 30.6 Å². The molecule has 154 valence electrons. The van der Waals surface area contributed by atoms with Gasteiger partial charge in [0.25, 0.3) is 5.91 Å². The molecule has 0 aliphatic rings. The highest BCUT2D eigenvalue weighted by molar-refractivity contribution is 5.97. The summed E-state index contributed by atoms with van der Waals surface area (Å²) in [4.78, 5) is 22.0. The second kappa shape index (κ2) is 8.92. The predicted molar refractivity (Wildman–Crippen MR) is 113 cm³/mol. The minimum absolute atomic E-state index is 0.155. The zero-order chi connectivity index (χ0) is 20.9. The van der Waals surface area contributed by atoms with Crippen LogP contribution < -0.4 is 5.32 Å². The molecule has 0 aliphatic carbocycles. The van der Waals surface area contributed by atoms with Gasteiger partial charge in [0.1, 0.15) is 11.4 Å². The van der Waals surface area contributed by atoms with Crippen molar-refractivity contribution in [3.63, 3.8) is 0 Å². The van der Waals surface area contributed by atoms with Crippen LogP contribution in [-0.2, 0) is 4.74 Å². The van der Waals surface area contributed by atoms with E-state index in [2.05, 4.69) is 5.32 Å². The van der Waals surface area contributed by atoms with Gasteiger partial charge < -0.3 is 18.9 Å². The van der Waals surface area contributed by atoms with Gasteiger partial charge in [-0.3, -0.25) is 4.79 Å². The Balaban J connectivity index is 1.60. The molecule has 7 nitrogen and oxygen atoms in total. The van der Waals surface area contributed by atoms with Crippen LogP contribution in [0.15, 0.2) is 63.8 Å². The van der Waals surface area contributed by atoms with E-state index in [0.29, 0.717) is 52.7 Å². The summed E-state index contributed by atoms with van der Waals surface area (Å²) in [5, 5.41) is 2.91. The number of fused-ring (bicyclic) bond motifs is 1. The summed E-state index contributed by atoms with van der Waals surface area (Å²) in [5.74, 6) is 1.02. The number of benzene rings is 1. The van der Waals surface area contributed by atoms with E-state index in [9.17, 15) is 4.79 Å². The molecule has 0 aliphatic heterocycles. The number of amides is 1. The van der Waals surface area contributed by atoms with Gasteiger partial charge in [-0.15, -0.1) is 0 Å². The Morgan fingerprint density at radius 1 is 1.00 bits per heavy atom. The van der Waals surface area contributed by atoms with Crippen LogP contribution in [0.3, 0.4) is 0 Å². The molecule has 4 aromatic rings. The molecule has 1 N–H and O–H groups in total. The van der Waals surface area contributed by atoms with Crippen molar-refractivity contribution in [3.8, 4) is 22.9 Å². The zero-order valence-corrected chi connectivity index (χ0v) is 16.9. The smallest absolute Gasteiger partial charge is 0.251 e. The molecule has 4 rings (SSSR count). The normalized spacial score (nSPS) is 11.3. The van der Waals surface area contributed by atoms with Crippen LogP contribution >= 0.6 is 0 Å². The van der Waals surface area contributed by atoms with Crippen molar-refractivity contribution in [1.82, 2.24) is 15.3 Å². The van der Waals surface area contributed by atoms with Gasteiger partial charge in [0.05, 0.1) is 29.7 Å². The lowest BCUT2D eigenvalue weighted by Gasteiger charge is -2.09. The third kappa shape index (κ3) is 4.41. The summed E-state index contributed by atoms with van der Waals surface area (Å²) in [6, 6.07) is 12.5. The highest BCUT2D eigenvalue weighted by Gasteiger charge is 2.18. The van der Waals surface area contributed by atoms with E-state index in [1.165, 1.54) is 0 Å². The first-order chi connectivity index (χ1) is 14.6. The first-order valence-electron chi connectivity index (χ1n) is 9.91. The number of hydrogen-bond acceptors (Lipinski definition) is 6. The molecule has 3 aromatic heterocycles. The average Bonchev–Trinajstić information content (AvgIpc) is 3.46. The summed E-state index contributed by atoms with van der Waals surface area (Å²) in [6.45, 7) is 5.14. The number of hydrogen-bond donors (Lipinski definition) is 1. The maximum atomic E-state index is 12.5. The van der Waals surface area contributed by atoms with E-state index in [1.807, 2.05) is 26.0 Å². The number of ether oxygens (including phenoxy) is 1. The van der Waals surface area contributed by atoms with Gasteiger partial charge in [-0.2, -0.15) is 0 Å². The molecular weight excluding hydrogens is 382 g/mol. The molecule has 0 saturated carbocycles. The van der Waals surface area contributed by atoms with Gasteiger partial charge >= 0.3 is 0 Å². The summed E-state index contributed by atoms with van der Waals surface area (Å²) >= 11 is 0. The van der Waals surface area contributed by atoms with Crippen LogP contribution in [0.4, 0.5) is 0 Å². The zero-order valence-electron chi connectivity index (χ0n) is 16.9. The summed E-state index contributed by atoms with van der Waals surface area (Å²) in [5.41, 5.74) is 2.94. The first-order valence-corrected chi connectivity index (χ1v) is 9.91. The number of furan rings is 2. The van der Waals surface area contributed by atoms with Gasteiger partial charge in [-0.05, 0) is 62.7 Å². The van der Waals surface area contributed by atoms with E-state index in [1.54, 1.807) is 42.9 Å². The van der Waals surface area contributed by atoms with E-state index < -0.39 is 0 Å². The topological polar surface area (TPSA) is 90.4 Å². The van der Waals surface area contributed by atoms with E-state index in [0.717, 1.165) is 6.42 Å². The fourth-order valence-electron chi connectivity index (χ4n) is 3.06. The maximum Gasteiger partial charge on any atom is 0.251 e. The molecule has 0 spiro atoms. The fraction of sp³-hybridized carbons (Fsp3) is 0.261. The third-order valence-corrected chi connectivity index (χ3v) is 4.49. The van der Waals surface area contributed by atoms with Crippen molar-refractivity contribution >= 4 is 16.9 Å². The van der Waals surface area contributed by atoms with Crippen LogP contribution in [0, 0.1) is 0 Å². The number of carbonyl (C=O) groups is 1. The molecule has 7 heteroatoms. The minimum atomic E-state index is -0.155. The molecule has 1 aromatic carbocycles. The van der Waals surface area contributed by atoms with Crippen molar-refractivity contribution in [1.29, 1.82) is 0 Å². The Kier molecular flexibility index (Phi) is 5.90. The van der Waals surface area contributed by atoms with Crippen molar-refractivity contribution < 1.29 is 18.4 Å². The highest BCUT2D eigenvalue weighted by atomic mass is 16.5. The first kappa shape index (κ1) is 19.8. The van der Waals surface area contributed by atoms with E-state index in [4.69, 9.17) is 23.5 Å². The highest BCUT2D eigenvalue weighted by Crippen LogP contribution is 2.31. The van der Waals surface area contributed by atoms with Gasteiger partial charge in [0.2, 0.25) is 0 Å². The fourth-order valence-corrected chi connectivity index (χ4v) is 3.06. The van der Waals surface area contributed by atoms with Crippen molar-refractivity contribution in [2.45, 2.75) is 26.4 Å². The van der Waals surface area contributed by atoms with Crippen molar-refractivity contribution in [3.05, 3.63) is 60.6 Å². The Hall–Kier alpha value is -3.45. The maximum absolute atomic E-state index is 12.5. The van der Waals surface area contributed by atoms with Gasteiger partial charge in [0, 0.05) is 18.7 Å². The molecule has 0 unspecified atom stereocenters. The molecule has 0 fully saturated rings. The number of aromatic nitrogens is 2. The Morgan fingerprint density at radius 2 is 1.67 bits per heavy atom. The van der Waals surface area contributed by atoms with Crippen LogP contribution in [-0.4, -0.2) is 35.1 Å². The lowest BCUT2D eigenvalue weighted by Crippen LogP contribution is -2.25. The SMILES string of the molecule is CC(C)OCCCNC(=O)c1ccc2nc(-c3ccco3)c(-c3ccco3)nc2c1. The quantitative estimate of drug-likeness (QED) is 0.428. The van der Waals surface area contributed by atoms with Crippen LogP contribution in [0.2, 0.25) is 0 Å². The number of nitrogens with one attached hydrogen (secondary N) is 1.